The standard InChI is InChI=1S/C26H34ClN3O3/c1-2-3-14-33-22(16-28-10-12-29(13-11-28)21-8-6-20(27)7-9-21)17-30-25(31)23-18-4-5-19(15-18)24(23)26(30)32/h4-9,18-19,22-24H,2-3,10-17H2,1H3/t18-,19?,22?,23-,24?/m0/s1. The summed E-state index contributed by atoms with van der Waals surface area (Å²) < 4.78 is 6.23. The fraction of sp³-hybridized carbons (Fsp3) is 0.615. The maximum absolute atomic E-state index is 13.2. The number of piperazine rings is 1. The minimum Gasteiger partial charge on any atom is -0.375 e. The van der Waals surface area contributed by atoms with Crippen LogP contribution in [-0.4, -0.2) is 73.6 Å². The van der Waals surface area contributed by atoms with Gasteiger partial charge in [-0.1, -0.05) is 37.1 Å². The van der Waals surface area contributed by atoms with Gasteiger partial charge in [-0.3, -0.25) is 19.4 Å². The molecule has 3 unspecified atom stereocenters. The van der Waals surface area contributed by atoms with Crippen LogP contribution in [0.15, 0.2) is 36.4 Å². The summed E-state index contributed by atoms with van der Waals surface area (Å²) in [6.07, 6.45) is 7.17. The molecule has 3 fully saturated rings. The topological polar surface area (TPSA) is 53.1 Å². The summed E-state index contributed by atoms with van der Waals surface area (Å²) >= 11 is 6.03. The zero-order valence-corrected chi connectivity index (χ0v) is 20.1. The highest BCUT2D eigenvalue weighted by Gasteiger charge is 2.59. The van der Waals surface area contributed by atoms with Gasteiger partial charge in [-0.05, 0) is 48.9 Å². The van der Waals surface area contributed by atoms with Gasteiger partial charge in [-0.25, -0.2) is 0 Å². The molecule has 0 aromatic heterocycles. The molecule has 1 saturated carbocycles. The maximum Gasteiger partial charge on any atom is 0.233 e. The van der Waals surface area contributed by atoms with Crippen LogP contribution < -0.4 is 4.90 Å². The van der Waals surface area contributed by atoms with Crippen LogP contribution in [-0.2, 0) is 14.3 Å². The van der Waals surface area contributed by atoms with E-state index < -0.39 is 0 Å². The number of nitrogens with zero attached hydrogens (tertiary/aromatic N) is 3. The highest BCUT2D eigenvalue weighted by Crippen LogP contribution is 2.52. The molecule has 2 saturated heterocycles. The average molecular weight is 472 g/mol. The number of imide groups is 1. The van der Waals surface area contributed by atoms with Crippen molar-refractivity contribution >= 4 is 29.1 Å². The van der Waals surface area contributed by atoms with E-state index in [0.717, 1.165) is 57.0 Å². The highest BCUT2D eigenvalue weighted by atomic mass is 35.5. The van der Waals surface area contributed by atoms with E-state index in [9.17, 15) is 9.59 Å². The summed E-state index contributed by atoms with van der Waals surface area (Å²) in [4.78, 5) is 32.6. The van der Waals surface area contributed by atoms with E-state index in [0.29, 0.717) is 13.2 Å². The third-order valence-electron chi connectivity index (χ3n) is 7.83. The van der Waals surface area contributed by atoms with E-state index in [1.54, 1.807) is 0 Å². The van der Waals surface area contributed by atoms with Gasteiger partial charge in [0.15, 0.2) is 0 Å². The molecule has 1 aromatic carbocycles. The Labute approximate surface area is 201 Å². The number of allylic oxidation sites excluding steroid dienone is 2. The molecule has 2 amide bonds. The highest BCUT2D eigenvalue weighted by molar-refractivity contribution is 6.30. The van der Waals surface area contributed by atoms with Crippen molar-refractivity contribution in [2.75, 3.05) is 50.8 Å². The molecule has 1 aromatic rings. The van der Waals surface area contributed by atoms with E-state index in [1.165, 1.54) is 10.6 Å². The molecule has 33 heavy (non-hydrogen) atoms. The van der Waals surface area contributed by atoms with Crippen molar-refractivity contribution in [2.45, 2.75) is 32.3 Å². The van der Waals surface area contributed by atoms with Crippen LogP contribution in [0.5, 0.6) is 0 Å². The number of anilines is 1. The molecule has 0 radical (unpaired) electrons. The van der Waals surface area contributed by atoms with Gasteiger partial charge in [0, 0.05) is 50.0 Å². The Bertz CT molecular complexity index is 867. The fourth-order valence-corrected chi connectivity index (χ4v) is 6.16. The van der Waals surface area contributed by atoms with Crippen LogP contribution >= 0.6 is 11.6 Å². The molecule has 5 atom stereocenters. The van der Waals surface area contributed by atoms with Crippen LogP contribution in [0.25, 0.3) is 0 Å². The number of fused-ring (bicyclic) bond motifs is 5. The van der Waals surface area contributed by atoms with E-state index in [2.05, 4.69) is 41.0 Å². The number of likely N-dealkylation sites (tertiary alicyclic amines) is 1. The van der Waals surface area contributed by atoms with Crippen molar-refractivity contribution in [2.24, 2.45) is 23.7 Å². The Kier molecular flexibility index (Phi) is 6.77. The fourth-order valence-electron chi connectivity index (χ4n) is 6.03. The Morgan fingerprint density at radius 3 is 2.21 bits per heavy atom. The molecule has 0 N–H and O–H groups in total. The summed E-state index contributed by atoms with van der Waals surface area (Å²) in [7, 11) is 0. The van der Waals surface area contributed by atoms with E-state index in [-0.39, 0.29) is 41.6 Å². The number of carbonyl (C=O) groups is 2. The lowest BCUT2D eigenvalue weighted by molar-refractivity contribution is -0.143. The monoisotopic (exact) mass is 471 g/mol. The zero-order chi connectivity index (χ0) is 22.9. The number of ether oxygens (including phenoxy) is 1. The first-order valence-electron chi connectivity index (χ1n) is 12.4. The quantitative estimate of drug-likeness (QED) is 0.313. The molecule has 2 aliphatic carbocycles. The van der Waals surface area contributed by atoms with Crippen LogP contribution in [0.2, 0.25) is 5.02 Å². The second kappa shape index (κ2) is 9.77. The molecule has 4 aliphatic rings. The normalized spacial score (nSPS) is 29.9. The summed E-state index contributed by atoms with van der Waals surface area (Å²) in [6, 6.07) is 8.00. The third-order valence-corrected chi connectivity index (χ3v) is 8.08. The number of unbranched alkanes of at least 4 members (excludes halogenated alkanes) is 1. The summed E-state index contributed by atoms with van der Waals surface area (Å²) in [5.41, 5.74) is 1.19. The Balaban J connectivity index is 1.19. The van der Waals surface area contributed by atoms with Crippen molar-refractivity contribution in [1.82, 2.24) is 9.80 Å². The minimum absolute atomic E-state index is 0.0264. The van der Waals surface area contributed by atoms with Gasteiger partial charge < -0.3 is 9.64 Å². The van der Waals surface area contributed by atoms with Crippen molar-refractivity contribution in [3.05, 3.63) is 41.4 Å². The second-order valence-electron chi connectivity index (χ2n) is 9.90. The third kappa shape index (κ3) is 4.58. The average Bonchev–Trinajstić information content (AvgIpc) is 3.50. The molecular formula is C26H34ClN3O3. The van der Waals surface area contributed by atoms with Crippen LogP contribution in [0.4, 0.5) is 5.69 Å². The van der Waals surface area contributed by atoms with E-state index in [1.807, 2.05) is 12.1 Å². The lowest BCUT2D eigenvalue weighted by atomic mass is 9.85. The van der Waals surface area contributed by atoms with E-state index >= 15 is 0 Å². The molecule has 7 heteroatoms. The first kappa shape index (κ1) is 22.9. The second-order valence-corrected chi connectivity index (χ2v) is 10.3. The number of halogens is 1. The summed E-state index contributed by atoms with van der Waals surface area (Å²) in [6.45, 7) is 7.66. The number of hydrogen-bond acceptors (Lipinski definition) is 5. The lowest BCUT2D eigenvalue weighted by Crippen LogP contribution is -2.51. The zero-order valence-electron chi connectivity index (χ0n) is 19.4. The number of benzene rings is 1. The number of hydrogen-bond donors (Lipinski definition) is 0. The van der Waals surface area contributed by atoms with Gasteiger partial charge in [0.05, 0.1) is 24.5 Å². The maximum atomic E-state index is 13.2. The summed E-state index contributed by atoms with van der Waals surface area (Å²) in [5.74, 6) is 0.291. The number of carbonyl (C=O) groups excluding carboxylic acids is 2. The number of amides is 2. The largest absolute Gasteiger partial charge is 0.375 e. The molecule has 0 spiro atoms. The molecule has 2 heterocycles. The molecule has 5 rings (SSSR count). The Morgan fingerprint density at radius 2 is 1.61 bits per heavy atom. The van der Waals surface area contributed by atoms with Gasteiger partial charge in [-0.15, -0.1) is 0 Å². The van der Waals surface area contributed by atoms with E-state index in [4.69, 9.17) is 16.3 Å². The van der Waals surface area contributed by atoms with Crippen LogP contribution in [0, 0.1) is 23.7 Å². The summed E-state index contributed by atoms with van der Waals surface area (Å²) in [5, 5.41) is 0.753. The van der Waals surface area contributed by atoms with Crippen molar-refractivity contribution in [3.8, 4) is 0 Å². The lowest BCUT2D eigenvalue weighted by Gasteiger charge is -2.38. The first-order valence-corrected chi connectivity index (χ1v) is 12.8. The molecule has 6 nitrogen and oxygen atoms in total. The molecular weight excluding hydrogens is 438 g/mol. The number of rotatable bonds is 9. The van der Waals surface area contributed by atoms with Crippen LogP contribution in [0.1, 0.15) is 26.2 Å². The first-order chi connectivity index (χ1) is 16.0. The smallest absolute Gasteiger partial charge is 0.233 e. The Hall–Kier alpha value is -1.89. The molecule has 2 bridgehead atoms. The predicted octanol–water partition coefficient (Wildman–Crippen LogP) is 3.45. The van der Waals surface area contributed by atoms with Gasteiger partial charge in [-0.2, -0.15) is 0 Å². The Morgan fingerprint density at radius 1 is 0.970 bits per heavy atom. The van der Waals surface area contributed by atoms with Crippen molar-refractivity contribution in [3.63, 3.8) is 0 Å². The SMILES string of the molecule is CCCCOC(CN1CCN(c2ccc(Cl)cc2)CC1)CN1C(=O)C2C3C=C[C@@H](C3)[C@@H]2C1=O. The minimum atomic E-state index is -0.143. The molecule has 178 valence electrons. The van der Waals surface area contributed by atoms with Gasteiger partial charge in [0.2, 0.25) is 11.8 Å². The van der Waals surface area contributed by atoms with Gasteiger partial charge >= 0.3 is 0 Å². The van der Waals surface area contributed by atoms with Gasteiger partial charge in [0.25, 0.3) is 0 Å². The predicted molar refractivity (Wildman–Crippen MR) is 129 cm³/mol. The van der Waals surface area contributed by atoms with Crippen molar-refractivity contribution in [1.29, 1.82) is 0 Å². The van der Waals surface area contributed by atoms with Crippen LogP contribution in [0.3, 0.4) is 0 Å². The molecule has 2 aliphatic heterocycles. The van der Waals surface area contributed by atoms with Gasteiger partial charge in [0.1, 0.15) is 0 Å². The van der Waals surface area contributed by atoms with Crippen molar-refractivity contribution < 1.29 is 14.3 Å².